The van der Waals surface area contributed by atoms with Crippen LogP contribution in [0.25, 0.3) is 21.9 Å². The third-order valence-corrected chi connectivity index (χ3v) is 4.47. The summed E-state index contributed by atoms with van der Waals surface area (Å²) < 4.78 is 0. The molecule has 4 rings (SSSR count). The fourth-order valence-corrected chi connectivity index (χ4v) is 3.51. The Balaban J connectivity index is 2.08. The van der Waals surface area contributed by atoms with E-state index in [-0.39, 0.29) is 5.78 Å². The lowest BCUT2D eigenvalue weighted by Gasteiger charge is -2.12. The maximum Gasteiger partial charge on any atom is 0.160 e. The van der Waals surface area contributed by atoms with Gasteiger partial charge >= 0.3 is 0 Å². The summed E-state index contributed by atoms with van der Waals surface area (Å²) in [5.74, 6) is 0.119. The summed E-state index contributed by atoms with van der Waals surface area (Å²) in [4.78, 5) is 11.9. The van der Waals surface area contributed by atoms with Crippen LogP contribution in [0.2, 0.25) is 0 Å². The SMILES string of the molecule is CC(=O)c1ccccc1-c1ccc2c3c(cccc13)CC2. The summed E-state index contributed by atoms with van der Waals surface area (Å²) >= 11 is 0. The van der Waals surface area contributed by atoms with E-state index in [1.54, 1.807) is 6.92 Å². The molecule has 0 saturated carbocycles. The zero-order valence-electron chi connectivity index (χ0n) is 12.0. The molecular weight excluding hydrogens is 256 g/mol. The lowest BCUT2D eigenvalue weighted by molar-refractivity contribution is 0.101. The van der Waals surface area contributed by atoms with Crippen LogP contribution in [0.15, 0.2) is 54.6 Å². The van der Waals surface area contributed by atoms with E-state index in [0.717, 1.165) is 24.0 Å². The number of hydrogen-bond donors (Lipinski definition) is 0. The lowest BCUT2D eigenvalue weighted by Crippen LogP contribution is -1.96. The van der Waals surface area contributed by atoms with Gasteiger partial charge in [0.25, 0.3) is 0 Å². The van der Waals surface area contributed by atoms with E-state index in [0.29, 0.717) is 0 Å². The molecular formula is C20H16O. The van der Waals surface area contributed by atoms with Gasteiger partial charge in [0.1, 0.15) is 0 Å². The Kier molecular flexibility index (Phi) is 2.68. The first-order valence-corrected chi connectivity index (χ1v) is 7.39. The average Bonchev–Trinajstić information content (AvgIpc) is 2.93. The molecule has 0 aromatic heterocycles. The van der Waals surface area contributed by atoms with Crippen molar-refractivity contribution in [2.24, 2.45) is 0 Å². The molecule has 0 unspecified atom stereocenters. The second kappa shape index (κ2) is 4.56. The van der Waals surface area contributed by atoms with Gasteiger partial charge in [0.15, 0.2) is 5.78 Å². The molecule has 1 heteroatoms. The molecule has 0 radical (unpaired) electrons. The third-order valence-electron chi connectivity index (χ3n) is 4.47. The predicted octanol–water partition coefficient (Wildman–Crippen LogP) is 4.81. The van der Waals surface area contributed by atoms with E-state index in [1.807, 2.05) is 18.2 Å². The van der Waals surface area contributed by atoms with Gasteiger partial charge in [-0.3, -0.25) is 4.79 Å². The number of rotatable bonds is 2. The van der Waals surface area contributed by atoms with Crippen molar-refractivity contribution in [2.75, 3.05) is 0 Å². The van der Waals surface area contributed by atoms with Crippen LogP contribution < -0.4 is 0 Å². The van der Waals surface area contributed by atoms with Crippen molar-refractivity contribution in [3.8, 4) is 11.1 Å². The summed E-state index contributed by atoms with van der Waals surface area (Å²) in [5.41, 5.74) is 5.88. The average molecular weight is 272 g/mol. The fraction of sp³-hybridized carbons (Fsp3) is 0.150. The molecule has 0 aliphatic heterocycles. The first-order chi connectivity index (χ1) is 10.3. The fourth-order valence-electron chi connectivity index (χ4n) is 3.51. The molecule has 0 saturated heterocycles. The Hall–Kier alpha value is -2.41. The molecule has 0 atom stereocenters. The van der Waals surface area contributed by atoms with Gasteiger partial charge in [0.05, 0.1) is 0 Å². The highest BCUT2D eigenvalue weighted by Gasteiger charge is 2.18. The number of carbonyl (C=O) groups excluding carboxylic acids is 1. The molecule has 102 valence electrons. The smallest absolute Gasteiger partial charge is 0.160 e. The minimum absolute atomic E-state index is 0.119. The van der Waals surface area contributed by atoms with Crippen LogP contribution in [0.5, 0.6) is 0 Å². The Morgan fingerprint density at radius 3 is 2.38 bits per heavy atom. The maximum atomic E-state index is 11.9. The molecule has 3 aromatic carbocycles. The van der Waals surface area contributed by atoms with Crippen LogP contribution in [0.4, 0.5) is 0 Å². The summed E-state index contributed by atoms with van der Waals surface area (Å²) in [5, 5.41) is 2.67. The quantitative estimate of drug-likeness (QED) is 0.612. The summed E-state index contributed by atoms with van der Waals surface area (Å²) in [6.07, 6.45) is 2.26. The van der Waals surface area contributed by atoms with E-state index < -0.39 is 0 Å². The zero-order chi connectivity index (χ0) is 14.4. The maximum absolute atomic E-state index is 11.9. The van der Waals surface area contributed by atoms with Gasteiger partial charge in [0.2, 0.25) is 0 Å². The third kappa shape index (κ3) is 1.81. The van der Waals surface area contributed by atoms with Crippen molar-refractivity contribution in [3.63, 3.8) is 0 Å². The summed E-state index contributed by atoms with van der Waals surface area (Å²) in [6, 6.07) is 18.8. The van der Waals surface area contributed by atoms with E-state index >= 15 is 0 Å². The van der Waals surface area contributed by atoms with Crippen molar-refractivity contribution >= 4 is 16.6 Å². The van der Waals surface area contributed by atoms with E-state index in [4.69, 9.17) is 0 Å². The molecule has 0 heterocycles. The second-order valence-electron chi connectivity index (χ2n) is 5.71. The first kappa shape index (κ1) is 12.3. The van der Waals surface area contributed by atoms with E-state index in [9.17, 15) is 4.79 Å². The van der Waals surface area contributed by atoms with Gasteiger partial charge < -0.3 is 0 Å². The van der Waals surface area contributed by atoms with Crippen LogP contribution in [0.3, 0.4) is 0 Å². The lowest BCUT2D eigenvalue weighted by atomic mass is 9.91. The summed E-state index contributed by atoms with van der Waals surface area (Å²) in [6.45, 7) is 1.64. The Morgan fingerprint density at radius 2 is 1.57 bits per heavy atom. The topological polar surface area (TPSA) is 17.1 Å². The number of benzene rings is 3. The largest absolute Gasteiger partial charge is 0.294 e. The monoisotopic (exact) mass is 272 g/mol. The highest BCUT2D eigenvalue weighted by molar-refractivity contribution is 6.07. The molecule has 3 aromatic rings. The van der Waals surface area contributed by atoms with Gasteiger partial charge in [-0.2, -0.15) is 0 Å². The van der Waals surface area contributed by atoms with Gasteiger partial charge in [-0.1, -0.05) is 54.6 Å². The molecule has 0 N–H and O–H groups in total. The highest BCUT2D eigenvalue weighted by Crippen LogP contribution is 2.38. The molecule has 0 spiro atoms. The molecule has 1 aliphatic rings. The molecule has 21 heavy (non-hydrogen) atoms. The van der Waals surface area contributed by atoms with Crippen LogP contribution in [0, 0.1) is 0 Å². The Bertz CT molecular complexity index is 864. The zero-order valence-corrected chi connectivity index (χ0v) is 12.0. The van der Waals surface area contributed by atoms with Crippen molar-refractivity contribution in [1.82, 2.24) is 0 Å². The van der Waals surface area contributed by atoms with Crippen molar-refractivity contribution in [3.05, 3.63) is 71.3 Å². The highest BCUT2D eigenvalue weighted by atomic mass is 16.1. The number of Topliss-reactive ketones (excluding diaryl/α,β-unsaturated/α-hetero) is 1. The number of aryl methyl sites for hydroxylation is 2. The minimum Gasteiger partial charge on any atom is -0.294 e. The number of carbonyl (C=O) groups is 1. The molecule has 1 nitrogen and oxygen atoms in total. The first-order valence-electron chi connectivity index (χ1n) is 7.39. The minimum atomic E-state index is 0.119. The van der Waals surface area contributed by atoms with Crippen LogP contribution in [-0.4, -0.2) is 5.78 Å². The normalized spacial score (nSPS) is 12.8. The second-order valence-corrected chi connectivity index (χ2v) is 5.71. The van der Waals surface area contributed by atoms with Crippen molar-refractivity contribution in [2.45, 2.75) is 19.8 Å². The van der Waals surface area contributed by atoms with Gasteiger partial charge in [-0.05, 0) is 52.8 Å². The Labute approximate surface area is 124 Å². The summed E-state index contributed by atoms with van der Waals surface area (Å²) in [7, 11) is 0. The van der Waals surface area contributed by atoms with E-state index in [2.05, 4.69) is 36.4 Å². The number of ketones is 1. The standard InChI is InChI=1S/C20H16O/c1-13(21)16-6-2-3-7-17(16)18-12-11-15-10-9-14-5-4-8-19(18)20(14)15/h2-8,11-12H,9-10H2,1H3. The molecule has 1 aliphatic carbocycles. The number of hydrogen-bond acceptors (Lipinski definition) is 1. The van der Waals surface area contributed by atoms with Crippen molar-refractivity contribution in [1.29, 1.82) is 0 Å². The van der Waals surface area contributed by atoms with Crippen molar-refractivity contribution < 1.29 is 4.79 Å². The van der Waals surface area contributed by atoms with Gasteiger partial charge in [0, 0.05) is 5.56 Å². The van der Waals surface area contributed by atoms with Gasteiger partial charge in [-0.25, -0.2) is 0 Å². The Morgan fingerprint density at radius 1 is 0.810 bits per heavy atom. The molecule has 0 bridgehead atoms. The molecule has 0 fully saturated rings. The van der Waals surface area contributed by atoms with E-state index in [1.165, 1.54) is 27.5 Å². The van der Waals surface area contributed by atoms with Crippen LogP contribution in [0.1, 0.15) is 28.4 Å². The molecule has 0 amide bonds. The van der Waals surface area contributed by atoms with Gasteiger partial charge in [-0.15, -0.1) is 0 Å². The predicted molar refractivity (Wildman–Crippen MR) is 86.8 cm³/mol. The van der Waals surface area contributed by atoms with Crippen LogP contribution in [-0.2, 0) is 12.8 Å². The van der Waals surface area contributed by atoms with Crippen LogP contribution >= 0.6 is 0 Å².